The maximum Gasteiger partial charge on any atom is 0.345 e. The number of hydrogen-bond acceptors (Lipinski definition) is 4. The van der Waals surface area contributed by atoms with Gasteiger partial charge in [-0.05, 0) is 13.8 Å². The second kappa shape index (κ2) is 5.95. The number of esters is 1. The van der Waals surface area contributed by atoms with E-state index in [9.17, 15) is 14.4 Å². The van der Waals surface area contributed by atoms with Crippen LogP contribution in [0, 0.1) is 0 Å². The summed E-state index contributed by atoms with van der Waals surface area (Å²) in [6.07, 6.45) is -0.0498. The van der Waals surface area contributed by atoms with Crippen molar-refractivity contribution < 1.29 is 19.1 Å². The van der Waals surface area contributed by atoms with Crippen LogP contribution in [0.5, 0.6) is 0 Å². The van der Waals surface area contributed by atoms with Crippen molar-refractivity contribution in [2.24, 2.45) is 0 Å². The summed E-state index contributed by atoms with van der Waals surface area (Å²) >= 11 is 0. The number of carbonyl (C=O) groups excluding carboxylic acids is 3. The molecule has 0 rings (SSSR count). The highest BCUT2D eigenvalue weighted by Gasteiger charge is 2.12. The van der Waals surface area contributed by atoms with Gasteiger partial charge in [0.1, 0.15) is 17.5 Å². The molecule has 0 radical (unpaired) electrons. The van der Waals surface area contributed by atoms with Gasteiger partial charge >= 0.3 is 5.97 Å². The van der Waals surface area contributed by atoms with Crippen molar-refractivity contribution in [1.29, 1.82) is 0 Å². The van der Waals surface area contributed by atoms with Crippen LogP contribution in [0.4, 0.5) is 0 Å². The average Bonchev–Trinajstić information content (AvgIpc) is 2.14. The van der Waals surface area contributed by atoms with Gasteiger partial charge in [-0.25, -0.2) is 14.4 Å². The zero-order valence-corrected chi connectivity index (χ0v) is 7.55. The van der Waals surface area contributed by atoms with Gasteiger partial charge in [0.25, 0.3) is 0 Å². The predicted molar refractivity (Wildman–Crippen MR) is 45.3 cm³/mol. The Hall–Kier alpha value is -1.63. The first-order chi connectivity index (χ1) is 6.15. The first-order valence-corrected chi connectivity index (χ1v) is 3.77. The Morgan fingerprint density at radius 3 is 2.31 bits per heavy atom. The summed E-state index contributed by atoms with van der Waals surface area (Å²) in [5.74, 6) is 2.30. The zero-order chi connectivity index (χ0) is 10.3. The first-order valence-electron chi connectivity index (χ1n) is 3.77. The smallest absolute Gasteiger partial charge is 0.345 e. The second-order valence-electron chi connectivity index (χ2n) is 2.36. The molecule has 0 amide bonds. The molecule has 0 fully saturated rings. The molecule has 0 aliphatic carbocycles. The number of allylic oxidation sites excluding steroid dienone is 1. The normalized spacial score (nSPS) is 8.15. The van der Waals surface area contributed by atoms with Crippen molar-refractivity contribution in [2.45, 2.75) is 20.3 Å². The Kier molecular flexibility index (Phi) is 5.20. The quantitative estimate of drug-likeness (QED) is 0.360. The van der Waals surface area contributed by atoms with Crippen molar-refractivity contribution in [3.8, 4) is 0 Å². The fourth-order valence-corrected chi connectivity index (χ4v) is 0.669. The number of carbonyl (C=O) groups is 1. The molecule has 0 spiro atoms. The number of ether oxygens (including phenoxy) is 1. The van der Waals surface area contributed by atoms with Crippen molar-refractivity contribution in [2.75, 3.05) is 6.61 Å². The molecule has 4 nitrogen and oxygen atoms in total. The van der Waals surface area contributed by atoms with Gasteiger partial charge in [-0.2, -0.15) is 0 Å². The standard InChI is InChI=1S/C9H10O4/c1-3-13-9(12)8(6-11)4-7(2)5-10/h3-4H2,1-2H3. The minimum absolute atomic E-state index is 0.0498. The van der Waals surface area contributed by atoms with Crippen molar-refractivity contribution in [1.82, 2.24) is 0 Å². The molecule has 0 aromatic heterocycles. The molecule has 13 heavy (non-hydrogen) atoms. The SMILES string of the molecule is CCOC(=O)C(=C=O)CC(C)=C=O. The first kappa shape index (κ1) is 11.4. The van der Waals surface area contributed by atoms with E-state index in [-0.39, 0.29) is 24.2 Å². The molecule has 4 heteroatoms. The lowest BCUT2D eigenvalue weighted by atomic mass is 10.1. The summed E-state index contributed by atoms with van der Waals surface area (Å²) in [6, 6.07) is 0. The molecule has 0 heterocycles. The predicted octanol–water partition coefficient (Wildman–Crippen LogP) is 0.476. The van der Waals surface area contributed by atoms with Crippen LogP contribution in [0.1, 0.15) is 20.3 Å². The van der Waals surface area contributed by atoms with E-state index in [1.165, 1.54) is 12.9 Å². The summed E-state index contributed by atoms with van der Waals surface area (Å²) in [5, 5.41) is 0. The fraction of sp³-hybridized carbons (Fsp3) is 0.444. The van der Waals surface area contributed by atoms with E-state index in [1.807, 2.05) is 0 Å². The lowest BCUT2D eigenvalue weighted by Crippen LogP contribution is -2.08. The van der Waals surface area contributed by atoms with Crippen LogP contribution in [-0.2, 0) is 19.1 Å². The van der Waals surface area contributed by atoms with E-state index >= 15 is 0 Å². The maximum atomic E-state index is 11.0. The molecule has 70 valence electrons. The summed E-state index contributed by atoms with van der Waals surface area (Å²) < 4.78 is 4.56. The molecular weight excluding hydrogens is 172 g/mol. The number of hydrogen-bond donors (Lipinski definition) is 0. The Labute approximate surface area is 75.9 Å². The third-order valence-electron chi connectivity index (χ3n) is 1.26. The third kappa shape index (κ3) is 4.06. The summed E-state index contributed by atoms with van der Waals surface area (Å²) in [4.78, 5) is 31.3. The Morgan fingerprint density at radius 1 is 1.31 bits per heavy atom. The summed E-state index contributed by atoms with van der Waals surface area (Å²) in [7, 11) is 0. The summed E-state index contributed by atoms with van der Waals surface area (Å²) in [6.45, 7) is 3.29. The monoisotopic (exact) mass is 182 g/mol. The van der Waals surface area contributed by atoms with E-state index in [0.29, 0.717) is 0 Å². The molecule has 0 saturated carbocycles. The van der Waals surface area contributed by atoms with E-state index in [4.69, 9.17) is 0 Å². The van der Waals surface area contributed by atoms with E-state index < -0.39 is 5.97 Å². The minimum Gasteiger partial charge on any atom is -0.462 e. The zero-order valence-electron chi connectivity index (χ0n) is 7.55. The highest BCUT2D eigenvalue weighted by Crippen LogP contribution is 2.06. The molecule has 0 aliphatic rings. The van der Waals surface area contributed by atoms with Gasteiger partial charge in [-0.3, -0.25) is 0 Å². The van der Waals surface area contributed by atoms with Crippen LogP contribution in [0.3, 0.4) is 0 Å². The largest absolute Gasteiger partial charge is 0.462 e. The molecular formula is C9H10O4. The highest BCUT2D eigenvalue weighted by atomic mass is 16.5. The lowest BCUT2D eigenvalue weighted by molar-refractivity contribution is -0.138. The molecule has 0 aromatic rings. The molecule has 0 N–H and O–H groups in total. The van der Waals surface area contributed by atoms with Crippen LogP contribution < -0.4 is 0 Å². The Morgan fingerprint density at radius 2 is 1.92 bits per heavy atom. The molecule has 0 atom stereocenters. The Balaban J connectivity index is 4.47. The molecule has 0 unspecified atom stereocenters. The van der Waals surface area contributed by atoms with Crippen LogP contribution in [-0.4, -0.2) is 24.5 Å². The number of rotatable bonds is 4. The van der Waals surface area contributed by atoms with Gasteiger partial charge in [-0.1, -0.05) is 0 Å². The van der Waals surface area contributed by atoms with Gasteiger partial charge in [0.2, 0.25) is 0 Å². The molecule has 0 aromatic carbocycles. The van der Waals surface area contributed by atoms with Gasteiger partial charge in [0, 0.05) is 12.0 Å². The van der Waals surface area contributed by atoms with E-state index in [1.54, 1.807) is 12.9 Å². The van der Waals surface area contributed by atoms with Gasteiger partial charge in [-0.15, -0.1) is 0 Å². The van der Waals surface area contributed by atoms with Crippen LogP contribution in [0.2, 0.25) is 0 Å². The van der Waals surface area contributed by atoms with Crippen molar-refractivity contribution >= 4 is 17.9 Å². The fourth-order valence-electron chi connectivity index (χ4n) is 0.669. The molecule has 0 aliphatic heterocycles. The second-order valence-corrected chi connectivity index (χ2v) is 2.36. The summed E-state index contributed by atoms with van der Waals surface area (Å²) in [5.41, 5.74) is 0.0918. The van der Waals surface area contributed by atoms with Crippen molar-refractivity contribution in [3.05, 3.63) is 11.1 Å². The topological polar surface area (TPSA) is 60.4 Å². The van der Waals surface area contributed by atoms with Gasteiger partial charge in [0.05, 0.1) is 6.61 Å². The van der Waals surface area contributed by atoms with Gasteiger partial charge < -0.3 is 4.74 Å². The van der Waals surface area contributed by atoms with Crippen LogP contribution in [0.15, 0.2) is 11.1 Å². The van der Waals surface area contributed by atoms with E-state index in [0.717, 1.165) is 0 Å². The Bertz CT molecular complexity index is 291. The molecule has 0 bridgehead atoms. The van der Waals surface area contributed by atoms with E-state index in [2.05, 4.69) is 4.74 Å². The van der Waals surface area contributed by atoms with Crippen LogP contribution >= 0.6 is 0 Å². The molecule has 0 saturated heterocycles. The minimum atomic E-state index is -0.730. The average molecular weight is 182 g/mol. The van der Waals surface area contributed by atoms with Crippen LogP contribution in [0.25, 0.3) is 0 Å². The highest BCUT2D eigenvalue weighted by molar-refractivity contribution is 5.97. The van der Waals surface area contributed by atoms with Crippen molar-refractivity contribution in [3.63, 3.8) is 0 Å². The lowest BCUT2D eigenvalue weighted by Gasteiger charge is -2.00. The third-order valence-corrected chi connectivity index (χ3v) is 1.26. The maximum absolute atomic E-state index is 11.0. The van der Waals surface area contributed by atoms with Gasteiger partial charge in [0.15, 0.2) is 0 Å².